The molecule has 0 saturated carbocycles. The van der Waals surface area contributed by atoms with Gasteiger partial charge in [-0.25, -0.2) is 0 Å². The summed E-state index contributed by atoms with van der Waals surface area (Å²) in [6, 6.07) is 12.0. The Labute approximate surface area is 197 Å². The van der Waals surface area contributed by atoms with Crippen LogP contribution in [0.5, 0.6) is 0 Å². The summed E-state index contributed by atoms with van der Waals surface area (Å²) in [6.45, 7) is 15.3. The minimum Gasteiger partial charge on any atom is -0.197 e. The monoisotopic (exact) mass is 430 g/mol. The van der Waals surface area contributed by atoms with Gasteiger partial charge >= 0.3 is 0 Å². The molecule has 1 aliphatic heterocycles. The van der Waals surface area contributed by atoms with Crippen LogP contribution in [0.3, 0.4) is 0 Å². The van der Waals surface area contributed by atoms with Gasteiger partial charge in [-0.2, -0.15) is 4.57 Å². The van der Waals surface area contributed by atoms with Crippen molar-refractivity contribution in [2.45, 2.75) is 110 Å². The summed E-state index contributed by atoms with van der Waals surface area (Å²) in [7, 11) is 0. The molecule has 1 nitrogen and oxygen atoms in total. The van der Waals surface area contributed by atoms with Crippen LogP contribution in [-0.4, -0.2) is 0 Å². The molecule has 1 heteroatoms. The first-order valence-electron chi connectivity index (χ1n) is 13.2. The lowest BCUT2D eigenvalue weighted by Crippen LogP contribution is -2.51. The van der Waals surface area contributed by atoms with E-state index in [1.165, 1.54) is 91.3 Å². The quantitative estimate of drug-likeness (QED) is 0.317. The van der Waals surface area contributed by atoms with Gasteiger partial charge in [0, 0.05) is 12.1 Å². The van der Waals surface area contributed by atoms with Gasteiger partial charge in [0.25, 0.3) is 0 Å². The molecule has 0 saturated heterocycles. The van der Waals surface area contributed by atoms with E-state index in [0.717, 1.165) is 19.4 Å². The molecular weight excluding hydrogens is 386 g/mol. The molecule has 1 atom stereocenters. The van der Waals surface area contributed by atoms with Crippen molar-refractivity contribution >= 4 is 0 Å². The molecule has 32 heavy (non-hydrogen) atoms. The first-order valence-corrected chi connectivity index (χ1v) is 13.2. The Morgan fingerprint density at radius 3 is 2.41 bits per heavy atom. The van der Waals surface area contributed by atoms with Crippen molar-refractivity contribution in [3.8, 4) is 11.3 Å². The number of hydrogen-bond donors (Lipinski definition) is 0. The summed E-state index contributed by atoms with van der Waals surface area (Å²) in [5, 5.41) is 0. The normalized spacial score (nSPS) is 24.1. The van der Waals surface area contributed by atoms with E-state index in [1.54, 1.807) is 0 Å². The van der Waals surface area contributed by atoms with E-state index in [0.29, 0.717) is 5.41 Å². The second-order valence-corrected chi connectivity index (χ2v) is 11.4. The van der Waals surface area contributed by atoms with Gasteiger partial charge in [-0.3, -0.25) is 0 Å². The fraction of sp³-hybridized carbons (Fsp3) is 0.581. The third-order valence-electron chi connectivity index (χ3n) is 8.44. The summed E-state index contributed by atoms with van der Waals surface area (Å²) in [5.74, 6) is 0. The second-order valence-electron chi connectivity index (χ2n) is 11.4. The Morgan fingerprint density at radius 2 is 1.62 bits per heavy atom. The van der Waals surface area contributed by atoms with Gasteiger partial charge in [0.1, 0.15) is 0 Å². The van der Waals surface area contributed by atoms with E-state index < -0.39 is 0 Å². The van der Waals surface area contributed by atoms with E-state index in [1.807, 2.05) is 0 Å². The topological polar surface area (TPSA) is 3.88 Å². The van der Waals surface area contributed by atoms with Crippen molar-refractivity contribution in [2.24, 2.45) is 5.41 Å². The lowest BCUT2D eigenvalue weighted by molar-refractivity contribution is -0.695. The van der Waals surface area contributed by atoms with Gasteiger partial charge in [0.05, 0.1) is 11.0 Å². The molecule has 2 heterocycles. The van der Waals surface area contributed by atoms with Gasteiger partial charge in [-0.1, -0.05) is 70.7 Å². The van der Waals surface area contributed by atoms with Gasteiger partial charge in [-0.05, 0) is 80.0 Å². The summed E-state index contributed by atoms with van der Waals surface area (Å²) >= 11 is 0. The predicted molar refractivity (Wildman–Crippen MR) is 137 cm³/mol. The van der Waals surface area contributed by atoms with E-state index in [4.69, 9.17) is 6.58 Å². The van der Waals surface area contributed by atoms with Crippen LogP contribution in [-0.2, 0) is 18.4 Å². The molecule has 2 aromatic rings. The van der Waals surface area contributed by atoms with Crippen LogP contribution in [0.4, 0.5) is 0 Å². The maximum atomic E-state index is 4.74. The standard InChI is InChI=1S/C31H44N/c1-6-31-23-32-20-17-24(2)21-29(32)27-22-26(15-16-28(27)31)14-9-7-8-11-18-30(4,5)19-12-10-13-25(31)3/h15-17,20-22H,3,6-14,18-19,23H2,1-2,4-5H3/q+1. The highest BCUT2D eigenvalue weighted by molar-refractivity contribution is 5.67. The smallest absolute Gasteiger partial charge is 0.197 e. The number of allylic oxidation sites excluding steroid dienone is 1. The highest BCUT2D eigenvalue weighted by atomic mass is 15.0. The fourth-order valence-electron chi connectivity index (χ4n) is 6.20. The van der Waals surface area contributed by atoms with Crippen LogP contribution >= 0.6 is 0 Å². The average Bonchev–Trinajstić information content (AvgIpc) is 2.78. The Bertz CT molecular complexity index is 966. The van der Waals surface area contributed by atoms with Crippen LogP contribution in [0, 0.1) is 12.3 Å². The van der Waals surface area contributed by atoms with Crippen molar-refractivity contribution in [3.05, 3.63) is 65.4 Å². The Balaban J connectivity index is 1.74. The van der Waals surface area contributed by atoms with Crippen LogP contribution < -0.4 is 4.57 Å². The number of aromatic nitrogens is 1. The Morgan fingerprint density at radius 1 is 0.906 bits per heavy atom. The molecule has 0 spiro atoms. The van der Waals surface area contributed by atoms with Crippen LogP contribution in [0.2, 0.25) is 0 Å². The summed E-state index contributed by atoms with van der Waals surface area (Å²) in [6.07, 6.45) is 16.5. The van der Waals surface area contributed by atoms with Crippen LogP contribution in [0.15, 0.2) is 48.7 Å². The molecular formula is C31H44N+. The first-order chi connectivity index (χ1) is 15.3. The number of hydrogen-bond acceptors (Lipinski definition) is 0. The number of fused-ring (bicyclic) bond motifs is 13. The van der Waals surface area contributed by atoms with Gasteiger partial charge < -0.3 is 0 Å². The minimum absolute atomic E-state index is 0.0459. The van der Waals surface area contributed by atoms with Gasteiger partial charge in [0.2, 0.25) is 5.69 Å². The molecule has 1 unspecified atom stereocenters. The Kier molecular flexibility index (Phi) is 6.94. The van der Waals surface area contributed by atoms with Gasteiger partial charge in [0.15, 0.2) is 12.7 Å². The Hall–Kier alpha value is -1.89. The number of rotatable bonds is 1. The molecule has 4 bridgehead atoms. The number of pyridine rings is 1. The summed E-state index contributed by atoms with van der Waals surface area (Å²) in [5.41, 5.74) is 9.16. The van der Waals surface area contributed by atoms with Crippen molar-refractivity contribution < 1.29 is 4.57 Å². The van der Waals surface area contributed by atoms with E-state index in [2.05, 4.69) is 68.8 Å². The van der Waals surface area contributed by atoms with E-state index in [9.17, 15) is 0 Å². The van der Waals surface area contributed by atoms with Crippen molar-refractivity contribution in [3.63, 3.8) is 0 Å². The number of nitrogens with zero attached hydrogens (tertiary/aromatic N) is 1. The van der Waals surface area contributed by atoms with Crippen molar-refractivity contribution in [1.29, 1.82) is 0 Å². The molecule has 1 aromatic heterocycles. The molecule has 1 aromatic carbocycles. The van der Waals surface area contributed by atoms with Crippen molar-refractivity contribution in [2.75, 3.05) is 0 Å². The van der Waals surface area contributed by atoms with Crippen molar-refractivity contribution in [1.82, 2.24) is 0 Å². The fourth-order valence-corrected chi connectivity index (χ4v) is 6.20. The highest BCUT2D eigenvalue weighted by Gasteiger charge is 2.44. The summed E-state index contributed by atoms with van der Waals surface area (Å²) < 4.78 is 2.51. The van der Waals surface area contributed by atoms with E-state index in [-0.39, 0.29) is 5.41 Å². The molecule has 0 amide bonds. The van der Waals surface area contributed by atoms with Crippen LogP contribution in [0.25, 0.3) is 11.3 Å². The molecule has 0 radical (unpaired) electrons. The molecule has 5 rings (SSSR count). The van der Waals surface area contributed by atoms with Crippen LogP contribution in [0.1, 0.15) is 102 Å². The molecule has 3 aliphatic rings. The molecule has 0 fully saturated rings. The molecule has 2 aliphatic carbocycles. The lowest BCUT2D eigenvalue weighted by atomic mass is 9.67. The zero-order chi connectivity index (χ0) is 22.8. The third-order valence-corrected chi connectivity index (χ3v) is 8.44. The first kappa shape index (κ1) is 23.3. The maximum Gasteiger partial charge on any atom is 0.213 e. The molecule has 0 N–H and O–H groups in total. The largest absolute Gasteiger partial charge is 0.213 e. The average molecular weight is 431 g/mol. The second kappa shape index (κ2) is 9.54. The molecule has 172 valence electrons. The SMILES string of the molecule is C=C1CCCCC(C)(C)CCCCCCc2ccc3c(c2)-c2cc(C)cc[n+]2CC13CC. The maximum absolute atomic E-state index is 4.74. The highest BCUT2D eigenvalue weighted by Crippen LogP contribution is 2.45. The number of aryl methyl sites for hydroxylation is 2. The third kappa shape index (κ3) is 4.73. The van der Waals surface area contributed by atoms with E-state index >= 15 is 0 Å². The predicted octanol–water partition coefficient (Wildman–Crippen LogP) is 8.26. The zero-order valence-corrected chi connectivity index (χ0v) is 21.1. The van der Waals surface area contributed by atoms with Gasteiger partial charge in [-0.15, -0.1) is 0 Å². The summed E-state index contributed by atoms with van der Waals surface area (Å²) in [4.78, 5) is 0. The number of benzene rings is 1. The minimum atomic E-state index is 0.0459. The zero-order valence-electron chi connectivity index (χ0n) is 21.1. The lowest BCUT2D eigenvalue weighted by Gasteiger charge is -2.38.